The zero-order valence-corrected chi connectivity index (χ0v) is 16.8. The van der Waals surface area contributed by atoms with Crippen molar-refractivity contribution in [3.05, 3.63) is 41.6 Å². The minimum atomic E-state index is -0.0382. The first-order valence-corrected chi connectivity index (χ1v) is 10.5. The number of benzene rings is 1. The topological polar surface area (TPSA) is 39.3 Å². The molecule has 0 spiro atoms. The van der Waals surface area contributed by atoms with Gasteiger partial charge in [0.05, 0.1) is 5.92 Å². The van der Waals surface area contributed by atoms with Crippen LogP contribution in [0.5, 0.6) is 0 Å². The molecule has 1 amide bonds. The number of H-pyrrole nitrogens is 1. The first-order valence-electron chi connectivity index (χ1n) is 10.5. The lowest BCUT2D eigenvalue weighted by molar-refractivity contribution is -0.134. The lowest BCUT2D eigenvalue weighted by Crippen LogP contribution is -2.49. The van der Waals surface area contributed by atoms with E-state index in [0.717, 1.165) is 32.6 Å². The number of carbonyl (C=O) groups is 1. The number of rotatable bonds is 6. The van der Waals surface area contributed by atoms with Crippen LogP contribution in [0.15, 0.2) is 30.5 Å². The van der Waals surface area contributed by atoms with Gasteiger partial charge in [0, 0.05) is 42.8 Å². The molecule has 2 aliphatic rings. The fourth-order valence-electron chi connectivity index (χ4n) is 4.86. The predicted octanol–water partition coefficient (Wildman–Crippen LogP) is 4.08. The van der Waals surface area contributed by atoms with Gasteiger partial charge in [-0.15, -0.1) is 0 Å². The number of carbonyl (C=O) groups excluding carboxylic acids is 1. The van der Waals surface area contributed by atoms with Crippen LogP contribution in [0.3, 0.4) is 0 Å². The Morgan fingerprint density at radius 2 is 2.07 bits per heavy atom. The molecular weight excluding hydrogens is 334 g/mol. The van der Waals surface area contributed by atoms with Gasteiger partial charge in [-0.25, -0.2) is 0 Å². The summed E-state index contributed by atoms with van der Waals surface area (Å²) in [5, 5.41) is 1.35. The third-order valence-electron chi connectivity index (χ3n) is 6.31. The molecular formula is C23H31N3O. The zero-order valence-electron chi connectivity index (χ0n) is 16.8. The number of hydrogen-bond acceptors (Lipinski definition) is 2. The van der Waals surface area contributed by atoms with Gasteiger partial charge in [0.1, 0.15) is 0 Å². The second-order valence-corrected chi connectivity index (χ2v) is 7.85. The molecule has 0 fully saturated rings. The molecule has 144 valence electrons. The van der Waals surface area contributed by atoms with Crippen molar-refractivity contribution in [2.45, 2.75) is 46.1 Å². The normalized spacial score (nSPS) is 21.8. The average molecular weight is 366 g/mol. The number of aromatic nitrogens is 1. The number of nitrogens with one attached hydrogen (secondary N) is 1. The van der Waals surface area contributed by atoms with Gasteiger partial charge in [-0.1, -0.05) is 31.6 Å². The summed E-state index contributed by atoms with van der Waals surface area (Å²) in [6, 6.07) is 6.92. The molecule has 0 saturated carbocycles. The first-order chi connectivity index (χ1) is 13.2. The average Bonchev–Trinajstić information content (AvgIpc) is 3.11. The highest BCUT2D eigenvalue weighted by atomic mass is 16.2. The fraction of sp³-hybridized carbons (Fsp3) is 0.522. The van der Waals surface area contributed by atoms with Crippen LogP contribution < -0.4 is 0 Å². The van der Waals surface area contributed by atoms with Gasteiger partial charge in [0.15, 0.2) is 0 Å². The first kappa shape index (κ1) is 18.3. The Kier molecular flexibility index (Phi) is 5.09. The van der Waals surface area contributed by atoms with Crippen molar-refractivity contribution < 1.29 is 4.79 Å². The Morgan fingerprint density at radius 1 is 1.26 bits per heavy atom. The maximum absolute atomic E-state index is 13.1. The molecule has 1 N–H and O–H groups in total. The fourth-order valence-corrected chi connectivity index (χ4v) is 4.86. The molecule has 0 unspecified atom stereocenters. The van der Waals surface area contributed by atoms with Crippen LogP contribution in [0.1, 0.15) is 44.7 Å². The summed E-state index contributed by atoms with van der Waals surface area (Å²) >= 11 is 0. The van der Waals surface area contributed by atoms with E-state index in [1.165, 1.54) is 40.4 Å². The van der Waals surface area contributed by atoms with E-state index in [2.05, 4.69) is 61.1 Å². The van der Waals surface area contributed by atoms with Crippen LogP contribution >= 0.6 is 0 Å². The highest BCUT2D eigenvalue weighted by Gasteiger charge is 2.37. The van der Waals surface area contributed by atoms with Crippen LogP contribution in [-0.4, -0.2) is 52.9 Å². The van der Waals surface area contributed by atoms with Crippen molar-refractivity contribution in [2.24, 2.45) is 5.92 Å². The minimum Gasteiger partial charge on any atom is -0.361 e. The molecule has 1 aromatic heterocycles. The van der Waals surface area contributed by atoms with Gasteiger partial charge in [-0.2, -0.15) is 0 Å². The molecule has 4 nitrogen and oxygen atoms in total. The summed E-state index contributed by atoms with van der Waals surface area (Å²) in [5.74, 6) is 0.239. The van der Waals surface area contributed by atoms with E-state index in [-0.39, 0.29) is 11.8 Å². The summed E-state index contributed by atoms with van der Waals surface area (Å²) in [5.41, 5.74) is 5.30. The van der Waals surface area contributed by atoms with Crippen molar-refractivity contribution >= 4 is 22.4 Å². The lowest BCUT2D eigenvalue weighted by Gasteiger charge is -2.42. The van der Waals surface area contributed by atoms with Crippen LogP contribution in [0.25, 0.3) is 16.5 Å². The Hall–Kier alpha value is -2.07. The van der Waals surface area contributed by atoms with E-state index in [0.29, 0.717) is 6.04 Å². The zero-order chi connectivity index (χ0) is 19.0. The van der Waals surface area contributed by atoms with E-state index < -0.39 is 0 Å². The van der Waals surface area contributed by atoms with Crippen LogP contribution in [0.4, 0.5) is 0 Å². The summed E-state index contributed by atoms with van der Waals surface area (Å²) in [6.07, 6.45) is 7.87. The molecule has 0 saturated heterocycles. The minimum absolute atomic E-state index is 0.0382. The van der Waals surface area contributed by atoms with Crippen molar-refractivity contribution in [3.63, 3.8) is 0 Å². The highest BCUT2D eigenvalue weighted by Crippen LogP contribution is 2.41. The van der Waals surface area contributed by atoms with Crippen molar-refractivity contribution in [1.29, 1.82) is 0 Å². The number of amides is 1. The Labute approximate surface area is 162 Å². The summed E-state index contributed by atoms with van der Waals surface area (Å²) in [7, 11) is 0. The maximum Gasteiger partial charge on any atom is 0.230 e. The number of unbranched alkanes of at least 4 members (excludes halogenated alkanes) is 1. The van der Waals surface area contributed by atoms with E-state index in [9.17, 15) is 4.79 Å². The van der Waals surface area contributed by atoms with Crippen molar-refractivity contribution in [3.8, 4) is 0 Å². The quantitative estimate of drug-likeness (QED) is 0.838. The third-order valence-corrected chi connectivity index (χ3v) is 6.31. The Balaban J connectivity index is 1.77. The Bertz CT molecular complexity index is 862. The van der Waals surface area contributed by atoms with E-state index in [1.807, 2.05) is 4.90 Å². The molecule has 2 atom stereocenters. The van der Waals surface area contributed by atoms with E-state index in [4.69, 9.17) is 0 Å². The largest absolute Gasteiger partial charge is 0.361 e. The number of fused-ring (bicyclic) bond motifs is 2. The molecule has 2 heterocycles. The third kappa shape index (κ3) is 3.10. The number of nitrogens with zero attached hydrogens (tertiary/aromatic N) is 2. The Morgan fingerprint density at radius 3 is 2.81 bits per heavy atom. The van der Waals surface area contributed by atoms with Crippen molar-refractivity contribution in [2.75, 3.05) is 26.2 Å². The maximum atomic E-state index is 13.1. The molecule has 4 heteroatoms. The van der Waals surface area contributed by atoms with E-state index >= 15 is 0 Å². The van der Waals surface area contributed by atoms with Gasteiger partial charge in [-0.3, -0.25) is 9.69 Å². The van der Waals surface area contributed by atoms with Gasteiger partial charge in [0.2, 0.25) is 5.91 Å². The van der Waals surface area contributed by atoms with Gasteiger partial charge < -0.3 is 9.88 Å². The van der Waals surface area contributed by atoms with Gasteiger partial charge in [-0.05, 0) is 56.0 Å². The molecule has 2 aromatic rings. The van der Waals surface area contributed by atoms with Crippen molar-refractivity contribution in [1.82, 2.24) is 14.8 Å². The van der Waals surface area contributed by atoms with E-state index in [1.54, 1.807) is 0 Å². The van der Waals surface area contributed by atoms with Gasteiger partial charge >= 0.3 is 0 Å². The standard InChI is InChI=1S/C23H31N3O/c1-4-7-11-26-15-17(23(27)25(5-2)6-3)12-19-18-9-8-10-20-22(18)16(14-24-20)13-21(19)26/h8-10,12,14,17,21,24H,4-7,11,13,15H2,1-3H3/t17-,21-/m1/s1. The second kappa shape index (κ2) is 7.51. The summed E-state index contributed by atoms with van der Waals surface area (Å²) in [6.45, 7) is 9.86. The molecule has 0 radical (unpaired) electrons. The molecule has 0 bridgehead atoms. The number of hydrogen-bond donors (Lipinski definition) is 1. The van der Waals surface area contributed by atoms with Crippen LogP contribution in [-0.2, 0) is 11.2 Å². The summed E-state index contributed by atoms with van der Waals surface area (Å²) in [4.78, 5) is 21.1. The van der Waals surface area contributed by atoms with Crippen LogP contribution in [0, 0.1) is 5.92 Å². The molecule has 27 heavy (non-hydrogen) atoms. The molecule has 4 rings (SSSR count). The second-order valence-electron chi connectivity index (χ2n) is 7.85. The molecule has 1 aliphatic carbocycles. The summed E-state index contributed by atoms with van der Waals surface area (Å²) < 4.78 is 0. The lowest BCUT2D eigenvalue weighted by atomic mass is 9.79. The molecule has 1 aromatic carbocycles. The predicted molar refractivity (Wildman–Crippen MR) is 112 cm³/mol. The van der Waals surface area contributed by atoms with Gasteiger partial charge in [0.25, 0.3) is 0 Å². The SMILES string of the molecule is CCCCN1C[C@H](C(=O)N(CC)CC)C=C2c3cccc4[nH]cc(c34)C[C@H]21. The smallest absolute Gasteiger partial charge is 0.230 e. The van der Waals surface area contributed by atoms with Crippen LogP contribution in [0.2, 0.25) is 0 Å². The number of aromatic amines is 1. The highest BCUT2D eigenvalue weighted by molar-refractivity contribution is 5.99. The monoisotopic (exact) mass is 365 g/mol. The molecule has 1 aliphatic heterocycles.